The zero-order chi connectivity index (χ0) is 17.7. The van der Waals surface area contributed by atoms with Gasteiger partial charge in [0.25, 0.3) is 11.8 Å². The Morgan fingerprint density at radius 1 is 1.12 bits per heavy atom. The highest BCUT2D eigenvalue weighted by Gasteiger charge is 2.40. The van der Waals surface area contributed by atoms with Gasteiger partial charge >= 0.3 is 11.9 Å². The van der Waals surface area contributed by atoms with Crippen LogP contribution in [0.5, 0.6) is 0 Å². The van der Waals surface area contributed by atoms with Crippen molar-refractivity contribution >= 4 is 23.8 Å². The molecule has 128 valence electrons. The van der Waals surface area contributed by atoms with Crippen molar-refractivity contribution in [2.75, 3.05) is 13.7 Å². The summed E-state index contributed by atoms with van der Waals surface area (Å²) in [5, 5.41) is 0. The van der Waals surface area contributed by atoms with Gasteiger partial charge in [-0.2, -0.15) is 0 Å². The van der Waals surface area contributed by atoms with Crippen molar-refractivity contribution in [3.63, 3.8) is 0 Å². The molecule has 0 bridgehead atoms. The maximum absolute atomic E-state index is 12.5. The van der Waals surface area contributed by atoms with E-state index in [1.165, 1.54) is 14.0 Å². The van der Waals surface area contributed by atoms with Crippen LogP contribution in [0.15, 0.2) is 24.3 Å². The Hall–Kier alpha value is -2.70. The average molecular weight is 333 g/mol. The van der Waals surface area contributed by atoms with Gasteiger partial charge in [0.1, 0.15) is 0 Å². The van der Waals surface area contributed by atoms with Crippen LogP contribution in [0.25, 0.3) is 0 Å². The number of methoxy groups -OCH3 is 1. The maximum atomic E-state index is 12.5. The van der Waals surface area contributed by atoms with Gasteiger partial charge in [-0.25, -0.2) is 0 Å². The summed E-state index contributed by atoms with van der Waals surface area (Å²) in [5.74, 6) is -1.75. The molecule has 0 fully saturated rings. The molecule has 0 radical (unpaired) electrons. The Balaban J connectivity index is 2.14. The van der Waals surface area contributed by atoms with E-state index in [2.05, 4.69) is 4.74 Å². The van der Waals surface area contributed by atoms with Crippen molar-refractivity contribution < 1.29 is 28.7 Å². The zero-order valence-corrected chi connectivity index (χ0v) is 13.6. The molecular formula is C17H19NO6. The largest absolute Gasteiger partial charge is 0.469 e. The quantitative estimate of drug-likeness (QED) is 0.427. The van der Waals surface area contributed by atoms with E-state index in [9.17, 15) is 19.2 Å². The summed E-state index contributed by atoms with van der Waals surface area (Å²) in [6.45, 7) is 1.46. The molecule has 1 aromatic carbocycles. The number of hydrogen-bond acceptors (Lipinski definition) is 6. The van der Waals surface area contributed by atoms with Gasteiger partial charge in [-0.1, -0.05) is 12.1 Å². The molecule has 7 nitrogen and oxygen atoms in total. The lowest BCUT2D eigenvalue weighted by molar-refractivity contribution is -0.143. The topological polar surface area (TPSA) is 90.0 Å². The fraction of sp³-hybridized carbons (Fsp3) is 0.412. The van der Waals surface area contributed by atoms with Gasteiger partial charge < -0.3 is 9.47 Å². The van der Waals surface area contributed by atoms with Crippen LogP contribution < -0.4 is 0 Å². The summed E-state index contributed by atoms with van der Waals surface area (Å²) in [6.07, 6.45) is 0.671. The van der Waals surface area contributed by atoms with Crippen molar-refractivity contribution in [1.29, 1.82) is 0 Å². The summed E-state index contributed by atoms with van der Waals surface area (Å²) in [6, 6.07) is 5.90. The normalized spacial score (nSPS) is 14.3. The number of carbonyl (C=O) groups is 4. The Kier molecular flexibility index (Phi) is 5.68. The van der Waals surface area contributed by atoms with Gasteiger partial charge in [0, 0.05) is 6.92 Å². The van der Waals surface area contributed by atoms with Crippen LogP contribution >= 0.6 is 0 Å². The van der Waals surface area contributed by atoms with E-state index in [0.29, 0.717) is 24.0 Å². The van der Waals surface area contributed by atoms with Crippen LogP contribution in [0.1, 0.15) is 46.9 Å². The highest BCUT2D eigenvalue weighted by atomic mass is 16.5. The number of amides is 2. The first-order chi connectivity index (χ1) is 11.5. The standard InChI is InChI=1S/C17H19NO6/c1-11(19)24-9-5-6-12(10-15(20)23-2)18-16(21)13-7-3-4-8-14(13)17(18)22/h3-4,7-8,12H,5-6,9-10H2,1-2H3. The molecule has 2 rings (SSSR count). The first kappa shape index (κ1) is 17.7. The molecule has 0 aliphatic carbocycles. The lowest BCUT2D eigenvalue weighted by atomic mass is 10.1. The molecule has 1 aromatic rings. The second kappa shape index (κ2) is 7.72. The molecule has 0 spiro atoms. The number of esters is 2. The number of carbonyl (C=O) groups excluding carboxylic acids is 4. The lowest BCUT2D eigenvalue weighted by Crippen LogP contribution is -2.41. The molecule has 0 aromatic heterocycles. The van der Waals surface area contributed by atoms with E-state index < -0.39 is 29.8 Å². The number of benzene rings is 1. The number of hydrogen-bond donors (Lipinski definition) is 0. The van der Waals surface area contributed by atoms with Crippen molar-refractivity contribution in [2.24, 2.45) is 0 Å². The maximum Gasteiger partial charge on any atom is 0.307 e. The van der Waals surface area contributed by atoms with Crippen molar-refractivity contribution in [3.8, 4) is 0 Å². The molecule has 0 saturated heterocycles. The summed E-state index contributed by atoms with van der Waals surface area (Å²) in [4.78, 5) is 48.6. The molecule has 0 saturated carbocycles. The van der Waals surface area contributed by atoms with Gasteiger partial charge in [-0.15, -0.1) is 0 Å². The number of nitrogens with zero attached hydrogens (tertiary/aromatic N) is 1. The Morgan fingerprint density at radius 3 is 2.21 bits per heavy atom. The zero-order valence-electron chi connectivity index (χ0n) is 13.6. The summed E-state index contributed by atoms with van der Waals surface area (Å²) in [7, 11) is 1.25. The van der Waals surface area contributed by atoms with Crippen molar-refractivity contribution in [2.45, 2.75) is 32.2 Å². The third-order valence-electron chi connectivity index (χ3n) is 3.81. The predicted octanol–water partition coefficient (Wildman–Crippen LogP) is 1.56. The highest BCUT2D eigenvalue weighted by molar-refractivity contribution is 6.21. The molecular weight excluding hydrogens is 314 g/mol. The first-order valence-electron chi connectivity index (χ1n) is 7.62. The summed E-state index contributed by atoms with van der Waals surface area (Å²) < 4.78 is 9.52. The summed E-state index contributed by atoms with van der Waals surface area (Å²) in [5.41, 5.74) is 0.662. The third-order valence-corrected chi connectivity index (χ3v) is 3.81. The van der Waals surface area contributed by atoms with Crippen LogP contribution in [-0.2, 0) is 19.1 Å². The number of imide groups is 1. The minimum Gasteiger partial charge on any atom is -0.469 e. The van der Waals surface area contributed by atoms with E-state index in [-0.39, 0.29) is 13.0 Å². The predicted molar refractivity (Wildman–Crippen MR) is 83.2 cm³/mol. The average Bonchev–Trinajstić information content (AvgIpc) is 2.82. The van der Waals surface area contributed by atoms with Gasteiger partial charge in [-0.05, 0) is 25.0 Å². The van der Waals surface area contributed by atoms with E-state index in [1.807, 2.05) is 0 Å². The van der Waals surface area contributed by atoms with E-state index in [0.717, 1.165) is 4.90 Å². The number of rotatable bonds is 7. The Labute approximate surface area is 139 Å². The van der Waals surface area contributed by atoms with Crippen molar-refractivity contribution in [3.05, 3.63) is 35.4 Å². The molecule has 24 heavy (non-hydrogen) atoms. The smallest absolute Gasteiger partial charge is 0.307 e. The fourth-order valence-corrected chi connectivity index (χ4v) is 2.67. The molecule has 1 aliphatic heterocycles. The van der Waals surface area contributed by atoms with Gasteiger partial charge in [0.2, 0.25) is 0 Å². The number of fused-ring (bicyclic) bond motifs is 1. The van der Waals surface area contributed by atoms with E-state index in [1.54, 1.807) is 24.3 Å². The Bertz CT molecular complexity index is 634. The van der Waals surface area contributed by atoms with Crippen molar-refractivity contribution in [1.82, 2.24) is 4.90 Å². The first-order valence-corrected chi connectivity index (χ1v) is 7.62. The molecule has 0 N–H and O–H groups in total. The van der Waals surface area contributed by atoms with Gasteiger partial charge in [0.05, 0.1) is 37.3 Å². The fourth-order valence-electron chi connectivity index (χ4n) is 2.67. The molecule has 1 atom stereocenters. The third kappa shape index (κ3) is 3.79. The molecule has 2 amide bonds. The van der Waals surface area contributed by atoms with Crippen LogP contribution in [-0.4, -0.2) is 48.4 Å². The van der Waals surface area contributed by atoms with E-state index >= 15 is 0 Å². The minimum atomic E-state index is -0.639. The highest BCUT2D eigenvalue weighted by Crippen LogP contribution is 2.27. The monoisotopic (exact) mass is 333 g/mol. The molecule has 1 aliphatic rings. The molecule has 1 heterocycles. The Morgan fingerprint density at radius 2 is 1.71 bits per heavy atom. The molecule has 7 heteroatoms. The molecule has 1 unspecified atom stereocenters. The number of ether oxygens (including phenoxy) is 2. The van der Waals surface area contributed by atoms with Crippen LogP contribution in [0.3, 0.4) is 0 Å². The lowest BCUT2D eigenvalue weighted by Gasteiger charge is -2.25. The van der Waals surface area contributed by atoms with Gasteiger partial charge in [0.15, 0.2) is 0 Å². The second-order valence-corrected chi connectivity index (χ2v) is 5.44. The SMILES string of the molecule is COC(=O)CC(CCCOC(C)=O)N1C(=O)c2ccccc2C1=O. The minimum absolute atomic E-state index is 0.0952. The second-order valence-electron chi connectivity index (χ2n) is 5.44. The van der Waals surface area contributed by atoms with Crippen LogP contribution in [0.4, 0.5) is 0 Å². The van der Waals surface area contributed by atoms with Gasteiger partial charge in [-0.3, -0.25) is 24.1 Å². The van der Waals surface area contributed by atoms with E-state index in [4.69, 9.17) is 4.74 Å². The van der Waals surface area contributed by atoms with Crippen LogP contribution in [0, 0.1) is 0 Å². The summed E-state index contributed by atoms with van der Waals surface area (Å²) >= 11 is 0. The van der Waals surface area contributed by atoms with Crippen LogP contribution in [0.2, 0.25) is 0 Å².